The number of alkyl halides is 3. The minimum absolute atomic E-state index is 0.351. The van der Waals surface area contributed by atoms with E-state index in [1.807, 2.05) is 18.2 Å². The van der Waals surface area contributed by atoms with E-state index in [1.165, 1.54) is 0 Å². The summed E-state index contributed by atoms with van der Waals surface area (Å²) >= 11 is 3.33. The standard InChI is InChI=1S/C13H9BrF3NO/c14-10-3-1-9-6-11(4-2-8(9)5-10)18-12(19)7-13(15,16)17/h1-6H,7H2,(H,18,19). The second-order valence-electron chi connectivity index (χ2n) is 4.05. The summed E-state index contributed by atoms with van der Waals surface area (Å²) in [6, 6.07) is 10.5. The molecule has 0 radical (unpaired) electrons. The van der Waals surface area contributed by atoms with E-state index in [0.29, 0.717) is 5.69 Å². The zero-order valence-electron chi connectivity index (χ0n) is 9.59. The van der Waals surface area contributed by atoms with E-state index in [0.717, 1.165) is 15.2 Å². The normalized spacial score (nSPS) is 11.6. The third kappa shape index (κ3) is 3.96. The number of nitrogens with one attached hydrogen (secondary N) is 1. The first-order valence-electron chi connectivity index (χ1n) is 5.39. The van der Waals surface area contributed by atoms with E-state index >= 15 is 0 Å². The molecule has 0 aliphatic rings. The van der Waals surface area contributed by atoms with Gasteiger partial charge < -0.3 is 5.32 Å². The average Bonchev–Trinajstić information content (AvgIpc) is 2.26. The Bertz CT molecular complexity index is 625. The van der Waals surface area contributed by atoms with Crippen LogP contribution in [0.1, 0.15) is 6.42 Å². The van der Waals surface area contributed by atoms with E-state index in [-0.39, 0.29) is 0 Å². The molecular formula is C13H9BrF3NO. The van der Waals surface area contributed by atoms with E-state index in [1.54, 1.807) is 18.2 Å². The molecule has 0 saturated carbocycles. The molecule has 0 aromatic heterocycles. The number of halogens is 4. The van der Waals surface area contributed by atoms with Crippen LogP contribution in [0, 0.1) is 0 Å². The van der Waals surface area contributed by atoms with Crippen LogP contribution in [0.4, 0.5) is 18.9 Å². The lowest BCUT2D eigenvalue weighted by atomic mass is 10.1. The Labute approximate surface area is 115 Å². The zero-order chi connectivity index (χ0) is 14.0. The molecule has 100 valence electrons. The molecule has 0 bridgehead atoms. The fourth-order valence-electron chi connectivity index (χ4n) is 1.68. The van der Waals surface area contributed by atoms with Crippen LogP contribution in [-0.2, 0) is 4.79 Å². The summed E-state index contributed by atoms with van der Waals surface area (Å²) in [4.78, 5) is 11.2. The van der Waals surface area contributed by atoms with Crippen molar-refractivity contribution in [2.45, 2.75) is 12.6 Å². The largest absolute Gasteiger partial charge is 0.397 e. The molecule has 19 heavy (non-hydrogen) atoms. The molecule has 1 amide bonds. The molecule has 2 rings (SSSR count). The summed E-state index contributed by atoms with van der Waals surface area (Å²) in [5.41, 5.74) is 0.351. The second kappa shape index (κ2) is 5.21. The Morgan fingerprint density at radius 2 is 1.74 bits per heavy atom. The van der Waals surface area contributed by atoms with E-state index < -0.39 is 18.5 Å². The van der Waals surface area contributed by atoms with Crippen LogP contribution in [0.2, 0.25) is 0 Å². The van der Waals surface area contributed by atoms with Gasteiger partial charge in [-0.05, 0) is 35.0 Å². The highest BCUT2D eigenvalue weighted by atomic mass is 79.9. The van der Waals surface area contributed by atoms with Crippen molar-refractivity contribution in [2.75, 3.05) is 5.32 Å². The summed E-state index contributed by atoms with van der Waals surface area (Å²) in [7, 11) is 0. The van der Waals surface area contributed by atoms with Gasteiger partial charge in [0.2, 0.25) is 5.91 Å². The number of hydrogen-bond donors (Lipinski definition) is 1. The summed E-state index contributed by atoms with van der Waals surface area (Å²) in [5.74, 6) is -1.07. The van der Waals surface area contributed by atoms with E-state index in [2.05, 4.69) is 21.2 Å². The number of carbonyl (C=O) groups is 1. The fourth-order valence-corrected chi connectivity index (χ4v) is 2.06. The van der Waals surface area contributed by atoms with Gasteiger partial charge in [0.15, 0.2) is 0 Å². The molecule has 2 aromatic rings. The molecular weight excluding hydrogens is 323 g/mol. The number of hydrogen-bond acceptors (Lipinski definition) is 1. The SMILES string of the molecule is O=C(CC(F)(F)F)Nc1ccc2cc(Br)ccc2c1. The van der Waals surface area contributed by atoms with Crippen molar-refractivity contribution in [1.29, 1.82) is 0 Å². The minimum Gasteiger partial charge on any atom is -0.326 e. The van der Waals surface area contributed by atoms with Gasteiger partial charge in [0.1, 0.15) is 6.42 Å². The van der Waals surface area contributed by atoms with Crippen LogP contribution in [0.15, 0.2) is 40.9 Å². The van der Waals surface area contributed by atoms with Gasteiger partial charge in [-0.2, -0.15) is 13.2 Å². The van der Waals surface area contributed by atoms with Crippen molar-refractivity contribution in [3.05, 3.63) is 40.9 Å². The van der Waals surface area contributed by atoms with Crippen LogP contribution in [0.25, 0.3) is 10.8 Å². The van der Waals surface area contributed by atoms with Crippen LogP contribution >= 0.6 is 15.9 Å². The fraction of sp³-hybridized carbons (Fsp3) is 0.154. The first kappa shape index (κ1) is 13.9. The van der Waals surface area contributed by atoms with Crippen molar-refractivity contribution in [3.8, 4) is 0 Å². The number of fused-ring (bicyclic) bond motifs is 1. The van der Waals surface area contributed by atoms with Crippen molar-refractivity contribution in [3.63, 3.8) is 0 Å². The molecule has 0 atom stereocenters. The first-order valence-corrected chi connectivity index (χ1v) is 6.19. The van der Waals surface area contributed by atoms with Crippen molar-refractivity contribution in [1.82, 2.24) is 0 Å². The molecule has 0 unspecified atom stereocenters. The van der Waals surface area contributed by atoms with Crippen molar-refractivity contribution < 1.29 is 18.0 Å². The molecule has 0 saturated heterocycles. The molecule has 0 aliphatic carbocycles. The number of carbonyl (C=O) groups excluding carboxylic acids is 1. The molecule has 2 nitrogen and oxygen atoms in total. The van der Waals surface area contributed by atoms with Gasteiger partial charge in [-0.1, -0.05) is 28.1 Å². The maximum absolute atomic E-state index is 12.0. The van der Waals surface area contributed by atoms with Gasteiger partial charge in [0, 0.05) is 10.2 Å². The lowest BCUT2D eigenvalue weighted by Crippen LogP contribution is -2.21. The van der Waals surface area contributed by atoms with Gasteiger partial charge in [0.25, 0.3) is 0 Å². The molecule has 0 spiro atoms. The van der Waals surface area contributed by atoms with E-state index in [9.17, 15) is 18.0 Å². The van der Waals surface area contributed by atoms with Crippen LogP contribution in [0.5, 0.6) is 0 Å². The maximum Gasteiger partial charge on any atom is 0.397 e. The first-order chi connectivity index (χ1) is 8.83. The zero-order valence-corrected chi connectivity index (χ0v) is 11.2. The Hall–Kier alpha value is -1.56. The number of benzene rings is 2. The summed E-state index contributed by atoms with van der Waals surface area (Å²) in [6.45, 7) is 0. The summed E-state index contributed by atoms with van der Waals surface area (Å²) < 4.78 is 37.0. The quantitative estimate of drug-likeness (QED) is 0.862. The van der Waals surface area contributed by atoms with Gasteiger partial charge in [-0.3, -0.25) is 4.79 Å². The lowest BCUT2D eigenvalue weighted by Gasteiger charge is -2.08. The highest BCUT2D eigenvalue weighted by Crippen LogP contribution is 2.24. The lowest BCUT2D eigenvalue weighted by molar-refractivity contribution is -0.150. The Balaban J connectivity index is 2.18. The van der Waals surface area contributed by atoms with E-state index in [4.69, 9.17) is 0 Å². The number of amides is 1. The minimum atomic E-state index is -4.49. The topological polar surface area (TPSA) is 29.1 Å². The van der Waals surface area contributed by atoms with Gasteiger partial charge in [-0.15, -0.1) is 0 Å². The number of anilines is 1. The average molecular weight is 332 g/mol. The monoisotopic (exact) mass is 331 g/mol. The molecule has 1 N–H and O–H groups in total. The molecule has 2 aromatic carbocycles. The van der Waals surface area contributed by atoms with Crippen LogP contribution in [-0.4, -0.2) is 12.1 Å². The molecule has 0 fully saturated rings. The Kier molecular flexibility index (Phi) is 3.80. The van der Waals surface area contributed by atoms with Crippen LogP contribution < -0.4 is 5.32 Å². The van der Waals surface area contributed by atoms with Crippen molar-refractivity contribution in [2.24, 2.45) is 0 Å². The maximum atomic E-state index is 12.0. The van der Waals surface area contributed by atoms with Gasteiger partial charge >= 0.3 is 6.18 Å². The Morgan fingerprint density at radius 1 is 1.11 bits per heavy atom. The second-order valence-corrected chi connectivity index (χ2v) is 4.96. The Morgan fingerprint density at radius 3 is 2.42 bits per heavy atom. The molecule has 0 heterocycles. The third-order valence-electron chi connectivity index (χ3n) is 2.45. The predicted molar refractivity (Wildman–Crippen MR) is 70.9 cm³/mol. The van der Waals surface area contributed by atoms with Gasteiger partial charge in [0.05, 0.1) is 0 Å². The smallest absolute Gasteiger partial charge is 0.326 e. The van der Waals surface area contributed by atoms with Crippen molar-refractivity contribution >= 4 is 38.3 Å². The highest BCUT2D eigenvalue weighted by molar-refractivity contribution is 9.10. The summed E-state index contributed by atoms with van der Waals surface area (Å²) in [6.07, 6.45) is -5.98. The highest BCUT2D eigenvalue weighted by Gasteiger charge is 2.31. The number of rotatable bonds is 2. The molecule has 6 heteroatoms. The predicted octanol–water partition coefficient (Wildman–Crippen LogP) is 4.49. The van der Waals surface area contributed by atoms with Crippen LogP contribution in [0.3, 0.4) is 0 Å². The van der Waals surface area contributed by atoms with Gasteiger partial charge in [-0.25, -0.2) is 0 Å². The third-order valence-corrected chi connectivity index (χ3v) is 2.94. The molecule has 0 aliphatic heterocycles. The summed E-state index contributed by atoms with van der Waals surface area (Å²) in [5, 5.41) is 4.01.